The molecule has 0 saturated heterocycles. The van der Waals surface area contributed by atoms with E-state index < -0.39 is 0 Å². The van der Waals surface area contributed by atoms with Gasteiger partial charge in [0.2, 0.25) is 5.91 Å². The summed E-state index contributed by atoms with van der Waals surface area (Å²) in [7, 11) is 1.50. The molecule has 2 N–H and O–H groups in total. The minimum atomic E-state index is -0.350. The van der Waals surface area contributed by atoms with E-state index in [1.807, 2.05) is 25.1 Å². The molecule has 0 radical (unpaired) electrons. The lowest BCUT2D eigenvalue weighted by atomic mass is 10.2. The number of anilines is 1. The number of methoxy groups -OCH3 is 1. The number of para-hydroxylation sites is 1. The fourth-order valence-corrected chi connectivity index (χ4v) is 2.02. The van der Waals surface area contributed by atoms with Crippen molar-refractivity contribution in [2.24, 2.45) is 0 Å². The molecule has 0 fully saturated rings. The summed E-state index contributed by atoms with van der Waals surface area (Å²) >= 11 is 0. The van der Waals surface area contributed by atoms with Crippen LogP contribution in [0, 0.1) is 6.92 Å². The van der Waals surface area contributed by atoms with Crippen molar-refractivity contribution >= 4 is 17.5 Å². The van der Waals surface area contributed by atoms with Gasteiger partial charge in [0.05, 0.1) is 19.2 Å². The van der Waals surface area contributed by atoms with E-state index in [2.05, 4.69) is 10.6 Å². The predicted molar refractivity (Wildman–Crippen MR) is 85.1 cm³/mol. The highest BCUT2D eigenvalue weighted by Gasteiger charge is 2.12. The van der Waals surface area contributed by atoms with Crippen LogP contribution in [0.15, 0.2) is 48.5 Å². The molecule has 0 aliphatic rings. The van der Waals surface area contributed by atoms with Crippen molar-refractivity contribution in [1.82, 2.24) is 5.32 Å². The molecule has 22 heavy (non-hydrogen) atoms. The number of hydrogen-bond acceptors (Lipinski definition) is 3. The molecule has 0 spiro atoms. The maximum Gasteiger partial charge on any atom is 0.255 e. The zero-order valence-electron chi connectivity index (χ0n) is 12.6. The molecule has 5 nitrogen and oxygen atoms in total. The minimum absolute atomic E-state index is 0.106. The average Bonchev–Trinajstić information content (AvgIpc) is 2.52. The van der Waals surface area contributed by atoms with Crippen LogP contribution in [0.5, 0.6) is 5.75 Å². The summed E-state index contributed by atoms with van der Waals surface area (Å²) in [4.78, 5) is 23.9. The van der Waals surface area contributed by atoms with E-state index in [0.717, 1.165) is 5.56 Å². The third kappa shape index (κ3) is 4.09. The van der Waals surface area contributed by atoms with Gasteiger partial charge in [0.1, 0.15) is 5.75 Å². The Balaban J connectivity index is 1.92. The standard InChI is InChI=1S/C17H18N2O3/c1-12-6-5-7-13(10-12)19-16(20)11-18-17(21)14-8-3-4-9-15(14)22-2/h3-10H,11H2,1-2H3,(H,18,21)(H,19,20). The van der Waals surface area contributed by atoms with E-state index in [0.29, 0.717) is 17.0 Å². The minimum Gasteiger partial charge on any atom is -0.496 e. The van der Waals surface area contributed by atoms with Crippen molar-refractivity contribution in [3.8, 4) is 5.75 Å². The molecule has 0 heterocycles. The van der Waals surface area contributed by atoms with E-state index in [-0.39, 0.29) is 18.4 Å². The van der Waals surface area contributed by atoms with E-state index in [9.17, 15) is 9.59 Å². The van der Waals surface area contributed by atoms with Crippen LogP contribution in [0.4, 0.5) is 5.69 Å². The number of carbonyl (C=O) groups is 2. The lowest BCUT2D eigenvalue weighted by Gasteiger charge is -2.09. The summed E-state index contributed by atoms with van der Waals surface area (Å²) in [5, 5.41) is 5.31. The predicted octanol–water partition coefficient (Wildman–Crippen LogP) is 2.37. The van der Waals surface area contributed by atoms with Crippen molar-refractivity contribution in [2.45, 2.75) is 6.92 Å². The van der Waals surface area contributed by atoms with Crippen LogP contribution < -0.4 is 15.4 Å². The molecule has 0 saturated carbocycles. The molecule has 2 amide bonds. The molecule has 0 atom stereocenters. The van der Waals surface area contributed by atoms with Gasteiger partial charge in [0.15, 0.2) is 0 Å². The Hall–Kier alpha value is -2.82. The van der Waals surface area contributed by atoms with Crippen molar-refractivity contribution < 1.29 is 14.3 Å². The fraction of sp³-hybridized carbons (Fsp3) is 0.176. The van der Waals surface area contributed by atoms with Crippen molar-refractivity contribution in [2.75, 3.05) is 19.0 Å². The van der Waals surface area contributed by atoms with Gasteiger partial charge in [-0.2, -0.15) is 0 Å². The molecular weight excluding hydrogens is 280 g/mol. The van der Waals surface area contributed by atoms with Gasteiger partial charge in [-0.1, -0.05) is 24.3 Å². The number of amides is 2. The molecule has 0 aromatic heterocycles. The second-order valence-corrected chi connectivity index (χ2v) is 4.80. The normalized spacial score (nSPS) is 9.91. The van der Waals surface area contributed by atoms with Gasteiger partial charge >= 0.3 is 0 Å². The summed E-state index contributed by atoms with van der Waals surface area (Å²) in [6.45, 7) is 1.84. The van der Waals surface area contributed by atoms with Crippen LogP contribution in [0.3, 0.4) is 0 Å². The smallest absolute Gasteiger partial charge is 0.255 e. The SMILES string of the molecule is COc1ccccc1C(=O)NCC(=O)Nc1cccc(C)c1. The lowest BCUT2D eigenvalue weighted by molar-refractivity contribution is -0.115. The highest BCUT2D eigenvalue weighted by molar-refractivity contribution is 6.00. The molecule has 0 aliphatic heterocycles. The number of carbonyl (C=O) groups excluding carboxylic acids is 2. The largest absolute Gasteiger partial charge is 0.496 e. The number of benzene rings is 2. The monoisotopic (exact) mass is 298 g/mol. The first-order chi connectivity index (χ1) is 10.6. The topological polar surface area (TPSA) is 67.4 Å². The fourth-order valence-electron chi connectivity index (χ4n) is 2.02. The summed E-state index contributed by atoms with van der Waals surface area (Å²) in [5.41, 5.74) is 2.15. The Labute approximate surface area is 129 Å². The molecule has 2 rings (SSSR count). The number of ether oxygens (including phenoxy) is 1. The Morgan fingerprint density at radius 3 is 2.59 bits per heavy atom. The summed E-state index contributed by atoms with van der Waals surface area (Å²) in [5.74, 6) is -0.162. The second kappa shape index (κ2) is 7.26. The first kappa shape index (κ1) is 15.6. The summed E-state index contributed by atoms with van der Waals surface area (Å²) in [6, 6.07) is 14.3. The van der Waals surface area contributed by atoms with Gasteiger partial charge in [-0.3, -0.25) is 9.59 Å². The molecular formula is C17H18N2O3. The van der Waals surface area contributed by atoms with Crippen LogP contribution in [0.1, 0.15) is 15.9 Å². The number of rotatable bonds is 5. The van der Waals surface area contributed by atoms with Gasteiger partial charge < -0.3 is 15.4 Å². The van der Waals surface area contributed by atoms with E-state index >= 15 is 0 Å². The van der Waals surface area contributed by atoms with E-state index in [4.69, 9.17) is 4.74 Å². The van der Waals surface area contributed by atoms with Gasteiger partial charge in [0.25, 0.3) is 5.91 Å². The Morgan fingerprint density at radius 1 is 1.09 bits per heavy atom. The first-order valence-electron chi connectivity index (χ1n) is 6.88. The van der Waals surface area contributed by atoms with Crippen LogP contribution in [-0.2, 0) is 4.79 Å². The Bertz CT molecular complexity index is 683. The number of hydrogen-bond donors (Lipinski definition) is 2. The van der Waals surface area contributed by atoms with E-state index in [1.54, 1.807) is 30.3 Å². The molecule has 0 bridgehead atoms. The molecule has 2 aromatic carbocycles. The zero-order valence-corrected chi connectivity index (χ0v) is 12.6. The van der Waals surface area contributed by atoms with Crippen LogP contribution in [-0.4, -0.2) is 25.5 Å². The highest BCUT2D eigenvalue weighted by Crippen LogP contribution is 2.16. The molecule has 114 valence electrons. The van der Waals surface area contributed by atoms with Gasteiger partial charge in [-0.15, -0.1) is 0 Å². The Morgan fingerprint density at radius 2 is 1.86 bits per heavy atom. The van der Waals surface area contributed by atoms with Crippen molar-refractivity contribution in [3.05, 3.63) is 59.7 Å². The third-order valence-corrected chi connectivity index (χ3v) is 3.06. The van der Waals surface area contributed by atoms with Crippen LogP contribution >= 0.6 is 0 Å². The van der Waals surface area contributed by atoms with Crippen LogP contribution in [0.25, 0.3) is 0 Å². The maximum atomic E-state index is 12.1. The molecule has 2 aromatic rings. The molecule has 5 heteroatoms. The third-order valence-electron chi connectivity index (χ3n) is 3.06. The molecule has 0 unspecified atom stereocenters. The lowest BCUT2D eigenvalue weighted by Crippen LogP contribution is -2.33. The number of aryl methyl sites for hydroxylation is 1. The second-order valence-electron chi connectivity index (χ2n) is 4.80. The number of nitrogens with one attached hydrogen (secondary N) is 2. The van der Waals surface area contributed by atoms with Crippen molar-refractivity contribution in [3.63, 3.8) is 0 Å². The van der Waals surface area contributed by atoms with E-state index in [1.165, 1.54) is 7.11 Å². The van der Waals surface area contributed by atoms with Gasteiger partial charge in [0, 0.05) is 5.69 Å². The first-order valence-corrected chi connectivity index (χ1v) is 6.88. The highest BCUT2D eigenvalue weighted by atomic mass is 16.5. The quantitative estimate of drug-likeness (QED) is 0.890. The Kier molecular flexibility index (Phi) is 5.14. The average molecular weight is 298 g/mol. The van der Waals surface area contributed by atoms with Crippen molar-refractivity contribution in [1.29, 1.82) is 0 Å². The zero-order chi connectivity index (χ0) is 15.9. The maximum absolute atomic E-state index is 12.1. The summed E-state index contributed by atoms with van der Waals surface area (Å²) in [6.07, 6.45) is 0. The molecule has 0 aliphatic carbocycles. The van der Waals surface area contributed by atoms with Gasteiger partial charge in [-0.25, -0.2) is 0 Å². The summed E-state index contributed by atoms with van der Waals surface area (Å²) < 4.78 is 5.12. The van der Waals surface area contributed by atoms with Gasteiger partial charge in [-0.05, 0) is 36.8 Å². The van der Waals surface area contributed by atoms with Crippen LogP contribution in [0.2, 0.25) is 0 Å².